The first-order chi connectivity index (χ1) is 12.4. The van der Waals surface area contributed by atoms with Gasteiger partial charge in [0.15, 0.2) is 11.5 Å². The molecule has 1 amide bonds. The van der Waals surface area contributed by atoms with Crippen LogP contribution in [0.1, 0.15) is 31.2 Å². The summed E-state index contributed by atoms with van der Waals surface area (Å²) < 4.78 is 10.9. The number of amides is 1. The first-order valence-electron chi connectivity index (χ1n) is 8.73. The summed E-state index contributed by atoms with van der Waals surface area (Å²) in [7, 11) is 2.90. The standard InChI is InChI=1S/C19H24BrNO5/c1-25-18-10-15(20)12(9-17(18)23)8-16-14-4-3-13(22)7-11(14)5-6-21(16)19(24)26-2/h9-10,13,16,22-23H,3-8H2,1-2H3. The molecule has 0 saturated carbocycles. The Kier molecular flexibility index (Phi) is 5.77. The van der Waals surface area contributed by atoms with Gasteiger partial charge in [-0.05, 0) is 55.4 Å². The molecule has 1 aliphatic heterocycles. The number of halogens is 1. The molecule has 0 spiro atoms. The molecule has 0 aromatic heterocycles. The molecule has 2 aliphatic rings. The van der Waals surface area contributed by atoms with Crippen molar-refractivity contribution in [2.75, 3.05) is 20.8 Å². The second-order valence-electron chi connectivity index (χ2n) is 6.77. The average molecular weight is 426 g/mol. The van der Waals surface area contributed by atoms with Crippen molar-refractivity contribution < 1.29 is 24.5 Å². The van der Waals surface area contributed by atoms with Gasteiger partial charge in [-0.2, -0.15) is 0 Å². The molecule has 142 valence electrons. The number of ether oxygens (including phenoxy) is 2. The lowest BCUT2D eigenvalue weighted by atomic mass is 9.79. The molecule has 1 heterocycles. The van der Waals surface area contributed by atoms with E-state index in [1.807, 2.05) is 0 Å². The zero-order valence-electron chi connectivity index (χ0n) is 15.0. The largest absolute Gasteiger partial charge is 0.504 e. The van der Waals surface area contributed by atoms with Crippen LogP contribution in [0.4, 0.5) is 4.79 Å². The number of aromatic hydroxyl groups is 1. The Morgan fingerprint density at radius 3 is 2.81 bits per heavy atom. The number of rotatable bonds is 3. The molecular formula is C19H24BrNO5. The van der Waals surface area contributed by atoms with E-state index in [0.29, 0.717) is 31.6 Å². The van der Waals surface area contributed by atoms with Crippen LogP contribution in [0.3, 0.4) is 0 Å². The lowest BCUT2D eigenvalue weighted by Gasteiger charge is -2.41. The van der Waals surface area contributed by atoms with E-state index < -0.39 is 0 Å². The smallest absolute Gasteiger partial charge is 0.410 e. The number of carbonyl (C=O) groups excluding carboxylic acids is 1. The summed E-state index contributed by atoms with van der Waals surface area (Å²) >= 11 is 3.54. The molecular weight excluding hydrogens is 402 g/mol. The lowest BCUT2D eigenvalue weighted by molar-refractivity contribution is 0.0994. The van der Waals surface area contributed by atoms with Crippen LogP contribution in [0.5, 0.6) is 11.5 Å². The number of phenolic OH excluding ortho intramolecular Hbond substituents is 1. The van der Waals surface area contributed by atoms with Crippen molar-refractivity contribution in [3.8, 4) is 11.5 Å². The van der Waals surface area contributed by atoms with Gasteiger partial charge in [0.1, 0.15) is 0 Å². The number of aliphatic hydroxyl groups is 1. The molecule has 3 rings (SSSR count). The third-order valence-electron chi connectivity index (χ3n) is 5.29. The fourth-order valence-corrected chi connectivity index (χ4v) is 4.45. The monoisotopic (exact) mass is 425 g/mol. The SMILES string of the molecule is COC(=O)N1CCC2=C(CCC(O)C2)C1Cc1cc(O)c(OC)cc1Br. The molecule has 0 bridgehead atoms. The highest BCUT2D eigenvalue weighted by Gasteiger charge is 2.36. The molecule has 0 radical (unpaired) electrons. The Hall–Kier alpha value is -1.73. The molecule has 7 heteroatoms. The molecule has 1 aromatic rings. The molecule has 2 atom stereocenters. The number of carbonyl (C=O) groups is 1. The summed E-state index contributed by atoms with van der Waals surface area (Å²) in [4.78, 5) is 14.1. The summed E-state index contributed by atoms with van der Waals surface area (Å²) in [6, 6.07) is 3.27. The quantitative estimate of drug-likeness (QED) is 0.725. The molecule has 0 saturated heterocycles. The van der Waals surface area contributed by atoms with Crippen molar-refractivity contribution in [3.63, 3.8) is 0 Å². The minimum atomic E-state index is -0.346. The third-order valence-corrected chi connectivity index (χ3v) is 6.02. The Labute approximate surface area is 161 Å². The number of hydrogen-bond donors (Lipinski definition) is 2. The Bertz CT molecular complexity index is 733. The second-order valence-corrected chi connectivity index (χ2v) is 7.63. The van der Waals surface area contributed by atoms with Gasteiger partial charge in [-0.15, -0.1) is 0 Å². The number of nitrogens with zero attached hydrogens (tertiary/aromatic N) is 1. The highest BCUT2D eigenvalue weighted by Crippen LogP contribution is 2.39. The zero-order valence-corrected chi connectivity index (χ0v) is 16.6. The normalized spacial score (nSPS) is 22.8. The Morgan fingerprint density at radius 1 is 1.35 bits per heavy atom. The lowest BCUT2D eigenvalue weighted by Crippen LogP contribution is -2.47. The zero-order chi connectivity index (χ0) is 18.8. The number of benzene rings is 1. The number of methoxy groups -OCH3 is 2. The highest BCUT2D eigenvalue weighted by molar-refractivity contribution is 9.10. The molecule has 2 N–H and O–H groups in total. The molecule has 1 aliphatic carbocycles. The molecule has 0 fully saturated rings. The van der Waals surface area contributed by atoms with Gasteiger partial charge in [0.05, 0.1) is 26.4 Å². The van der Waals surface area contributed by atoms with E-state index >= 15 is 0 Å². The maximum atomic E-state index is 12.3. The minimum Gasteiger partial charge on any atom is -0.504 e. The van der Waals surface area contributed by atoms with E-state index in [9.17, 15) is 15.0 Å². The maximum absolute atomic E-state index is 12.3. The van der Waals surface area contributed by atoms with Gasteiger partial charge in [-0.1, -0.05) is 21.5 Å². The van der Waals surface area contributed by atoms with Crippen LogP contribution in [-0.2, 0) is 11.2 Å². The first kappa shape index (κ1) is 19.0. The van der Waals surface area contributed by atoms with E-state index in [4.69, 9.17) is 9.47 Å². The minimum absolute atomic E-state index is 0.0689. The van der Waals surface area contributed by atoms with E-state index in [-0.39, 0.29) is 24.0 Å². The van der Waals surface area contributed by atoms with Crippen molar-refractivity contribution in [1.82, 2.24) is 4.90 Å². The van der Waals surface area contributed by atoms with Gasteiger partial charge >= 0.3 is 6.09 Å². The Balaban J connectivity index is 1.96. The van der Waals surface area contributed by atoms with Crippen LogP contribution in [0.2, 0.25) is 0 Å². The van der Waals surface area contributed by atoms with Gasteiger partial charge in [0.2, 0.25) is 0 Å². The fraction of sp³-hybridized carbons (Fsp3) is 0.526. The van der Waals surface area contributed by atoms with Crippen LogP contribution < -0.4 is 4.74 Å². The topological polar surface area (TPSA) is 79.2 Å². The summed E-state index contributed by atoms with van der Waals surface area (Å²) in [6.07, 6.45) is 2.84. The predicted molar refractivity (Wildman–Crippen MR) is 100 cm³/mol. The fourth-order valence-electron chi connectivity index (χ4n) is 3.96. The van der Waals surface area contributed by atoms with E-state index in [1.54, 1.807) is 17.0 Å². The summed E-state index contributed by atoms with van der Waals surface area (Å²) in [6.45, 7) is 0.572. The van der Waals surface area contributed by atoms with Crippen molar-refractivity contribution in [1.29, 1.82) is 0 Å². The first-order valence-corrected chi connectivity index (χ1v) is 9.52. The number of aliphatic hydroxyl groups excluding tert-OH is 1. The van der Waals surface area contributed by atoms with Crippen LogP contribution in [0, 0.1) is 0 Å². The molecule has 26 heavy (non-hydrogen) atoms. The van der Waals surface area contributed by atoms with Gasteiger partial charge in [0.25, 0.3) is 0 Å². The van der Waals surface area contributed by atoms with Crippen molar-refractivity contribution in [3.05, 3.63) is 33.3 Å². The van der Waals surface area contributed by atoms with Gasteiger partial charge in [0, 0.05) is 11.0 Å². The van der Waals surface area contributed by atoms with Gasteiger partial charge in [-0.25, -0.2) is 4.79 Å². The summed E-state index contributed by atoms with van der Waals surface area (Å²) in [5.41, 5.74) is 3.36. The number of phenols is 1. The summed E-state index contributed by atoms with van der Waals surface area (Å²) in [5, 5.41) is 20.1. The average Bonchev–Trinajstić information content (AvgIpc) is 2.63. The molecule has 1 aromatic carbocycles. The van der Waals surface area contributed by atoms with E-state index in [2.05, 4.69) is 15.9 Å². The van der Waals surface area contributed by atoms with Crippen molar-refractivity contribution >= 4 is 22.0 Å². The van der Waals surface area contributed by atoms with E-state index in [1.165, 1.54) is 25.4 Å². The van der Waals surface area contributed by atoms with Crippen molar-refractivity contribution in [2.24, 2.45) is 0 Å². The van der Waals surface area contributed by atoms with Crippen LogP contribution >= 0.6 is 15.9 Å². The second kappa shape index (κ2) is 7.88. The van der Waals surface area contributed by atoms with E-state index in [0.717, 1.165) is 22.9 Å². The Morgan fingerprint density at radius 2 is 2.12 bits per heavy atom. The predicted octanol–water partition coefficient (Wildman–Crippen LogP) is 3.39. The van der Waals surface area contributed by atoms with Crippen LogP contribution in [-0.4, -0.2) is 54.1 Å². The summed E-state index contributed by atoms with van der Waals surface area (Å²) in [5.74, 6) is 0.467. The van der Waals surface area contributed by atoms with Crippen molar-refractivity contribution in [2.45, 2.75) is 44.2 Å². The van der Waals surface area contributed by atoms with Gasteiger partial charge in [-0.3, -0.25) is 0 Å². The number of hydrogen-bond acceptors (Lipinski definition) is 5. The van der Waals surface area contributed by atoms with Crippen LogP contribution in [0.25, 0.3) is 0 Å². The van der Waals surface area contributed by atoms with Crippen LogP contribution in [0.15, 0.2) is 27.8 Å². The van der Waals surface area contributed by atoms with Gasteiger partial charge < -0.3 is 24.6 Å². The molecule has 2 unspecified atom stereocenters. The highest BCUT2D eigenvalue weighted by atomic mass is 79.9. The molecule has 6 nitrogen and oxygen atoms in total. The third kappa shape index (κ3) is 3.69. The maximum Gasteiger partial charge on any atom is 0.410 e.